The van der Waals surface area contributed by atoms with E-state index in [2.05, 4.69) is 20.5 Å². The van der Waals surface area contributed by atoms with E-state index in [0.717, 1.165) is 31.4 Å². The molecule has 0 radical (unpaired) electrons. The molecule has 7 nitrogen and oxygen atoms in total. The van der Waals surface area contributed by atoms with Gasteiger partial charge in [-0.05, 0) is 43.9 Å². The minimum atomic E-state index is -0.130. The zero-order chi connectivity index (χ0) is 20.1. The van der Waals surface area contributed by atoms with Crippen LogP contribution in [0, 0.1) is 5.92 Å². The highest BCUT2D eigenvalue weighted by Gasteiger charge is 2.30. The number of aromatic amines is 1. The zero-order valence-electron chi connectivity index (χ0n) is 16.8. The Morgan fingerprint density at radius 3 is 2.62 bits per heavy atom. The van der Waals surface area contributed by atoms with Crippen molar-refractivity contribution in [3.8, 4) is 11.4 Å². The van der Waals surface area contributed by atoms with Crippen molar-refractivity contribution in [3.05, 3.63) is 36.2 Å². The van der Waals surface area contributed by atoms with Gasteiger partial charge in [0.15, 0.2) is 0 Å². The van der Waals surface area contributed by atoms with E-state index in [9.17, 15) is 9.59 Å². The summed E-state index contributed by atoms with van der Waals surface area (Å²) in [4.78, 5) is 31.8. The number of nitrogens with one attached hydrogen (secondary N) is 2. The summed E-state index contributed by atoms with van der Waals surface area (Å²) in [5.74, 6) is -0.131. The fourth-order valence-electron chi connectivity index (χ4n) is 4.37. The third-order valence-corrected chi connectivity index (χ3v) is 6.02. The van der Waals surface area contributed by atoms with Crippen LogP contribution in [0.3, 0.4) is 0 Å². The lowest BCUT2D eigenvalue weighted by molar-refractivity contribution is -0.127. The highest BCUT2D eigenvalue weighted by molar-refractivity contribution is 5.93. The molecule has 2 amide bonds. The maximum Gasteiger partial charge on any atom is 0.271 e. The summed E-state index contributed by atoms with van der Waals surface area (Å²) in [6.07, 6.45) is 10.5. The first-order valence-corrected chi connectivity index (χ1v) is 10.8. The zero-order valence-corrected chi connectivity index (χ0v) is 16.8. The molecule has 1 aliphatic heterocycles. The molecule has 2 aliphatic rings. The predicted molar refractivity (Wildman–Crippen MR) is 110 cm³/mol. The number of carbonyl (C=O) groups is 2. The molecule has 2 fully saturated rings. The second-order valence-electron chi connectivity index (χ2n) is 8.17. The number of aromatic nitrogens is 3. The number of nitrogens with zero attached hydrogens (tertiary/aromatic N) is 3. The van der Waals surface area contributed by atoms with Gasteiger partial charge in [-0.15, -0.1) is 0 Å². The number of amides is 2. The number of hydrogen-bond acceptors (Lipinski definition) is 4. The van der Waals surface area contributed by atoms with Crippen molar-refractivity contribution in [1.82, 2.24) is 25.4 Å². The van der Waals surface area contributed by atoms with E-state index in [-0.39, 0.29) is 17.7 Å². The average molecular weight is 396 g/mol. The molecule has 1 atom stereocenters. The summed E-state index contributed by atoms with van der Waals surface area (Å²) in [5.41, 5.74) is 1.81. The number of carbonyl (C=O) groups excluding carboxylic acids is 2. The Bertz CT molecular complexity index is 827. The van der Waals surface area contributed by atoms with Gasteiger partial charge >= 0.3 is 0 Å². The van der Waals surface area contributed by atoms with Crippen LogP contribution in [0.5, 0.6) is 0 Å². The van der Waals surface area contributed by atoms with Gasteiger partial charge < -0.3 is 10.2 Å². The van der Waals surface area contributed by atoms with Gasteiger partial charge in [0, 0.05) is 25.3 Å². The second kappa shape index (κ2) is 9.20. The van der Waals surface area contributed by atoms with E-state index < -0.39 is 0 Å². The highest BCUT2D eigenvalue weighted by Crippen LogP contribution is 2.22. The fourth-order valence-corrected chi connectivity index (χ4v) is 4.37. The monoisotopic (exact) mass is 395 g/mol. The normalized spacial score (nSPS) is 20.8. The molecule has 1 saturated carbocycles. The predicted octanol–water partition coefficient (Wildman–Crippen LogP) is 3.16. The number of pyridine rings is 1. The Hall–Kier alpha value is -2.70. The first-order valence-electron chi connectivity index (χ1n) is 10.8. The van der Waals surface area contributed by atoms with Crippen molar-refractivity contribution < 1.29 is 9.59 Å². The Kier molecular flexibility index (Phi) is 6.22. The van der Waals surface area contributed by atoms with Crippen LogP contribution in [0.1, 0.15) is 61.9 Å². The molecule has 2 N–H and O–H groups in total. The van der Waals surface area contributed by atoms with Gasteiger partial charge in [-0.2, -0.15) is 5.10 Å². The number of piperidine rings is 1. The standard InChI is InChI=1S/C22H29N5O2/c28-21(24-17-9-3-1-2-4-10-17)16-8-7-13-27(15-16)22(29)20-14-19(25-26-20)18-11-5-6-12-23-18/h5-6,11-12,14,16-17H,1-4,7-10,13,15H2,(H,24,28)(H,25,26)/t16-/m0/s1. The Morgan fingerprint density at radius 2 is 1.86 bits per heavy atom. The molecule has 2 aromatic rings. The van der Waals surface area contributed by atoms with Crippen LogP contribution in [0.4, 0.5) is 0 Å². The summed E-state index contributed by atoms with van der Waals surface area (Å²) in [5, 5.41) is 10.3. The summed E-state index contributed by atoms with van der Waals surface area (Å²) in [6, 6.07) is 7.63. The van der Waals surface area contributed by atoms with Gasteiger partial charge in [0.2, 0.25) is 5.91 Å². The summed E-state index contributed by atoms with van der Waals surface area (Å²) >= 11 is 0. The molecule has 7 heteroatoms. The Balaban J connectivity index is 1.37. The topological polar surface area (TPSA) is 91.0 Å². The Labute approximate surface area is 171 Å². The molecular weight excluding hydrogens is 366 g/mol. The van der Waals surface area contributed by atoms with E-state index in [0.29, 0.717) is 30.5 Å². The molecule has 0 aromatic carbocycles. The lowest BCUT2D eigenvalue weighted by Crippen LogP contribution is -2.47. The van der Waals surface area contributed by atoms with Crippen molar-refractivity contribution in [3.63, 3.8) is 0 Å². The quantitative estimate of drug-likeness (QED) is 0.778. The van der Waals surface area contributed by atoms with Gasteiger partial charge in [-0.25, -0.2) is 0 Å². The number of H-pyrrole nitrogens is 1. The van der Waals surface area contributed by atoms with E-state index >= 15 is 0 Å². The average Bonchev–Trinajstić information content (AvgIpc) is 3.12. The van der Waals surface area contributed by atoms with E-state index in [1.54, 1.807) is 17.2 Å². The molecule has 0 unspecified atom stereocenters. The lowest BCUT2D eigenvalue weighted by Gasteiger charge is -2.32. The van der Waals surface area contributed by atoms with Crippen molar-refractivity contribution in [1.29, 1.82) is 0 Å². The minimum absolute atomic E-state index is 0.105. The van der Waals surface area contributed by atoms with Crippen LogP contribution in [0.2, 0.25) is 0 Å². The first kappa shape index (κ1) is 19.6. The fraction of sp³-hybridized carbons (Fsp3) is 0.545. The van der Waals surface area contributed by atoms with E-state index in [4.69, 9.17) is 0 Å². The van der Waals surface area contributed by atoms with Crippen LogP contribution in [0.25, 0.3) is 11.4 Å². The number of rotatable bonds is 4. The summed E-state index contributed by atoms with van der Waals surface area (Å²) in [6.45, 7) is 1.14. The molecule has 0 spiro atoms. The van der Waals surface area contributed by atoms with Crippen LogP contribution in [-0.4, -0.2) is 51.0 Å². The van der Waals surface area contributed by atoms with E-state index in [1.165, 1.54) is 25.7 Å². The molecule has 1 aliphatic carbocycles. The molecule has 0 bridgehead atoms. The van der Waals surface area contributed by atoms with Crippen molar-refractivity contribution >= 4 is 11.8 Å². The molecule has 1 saturated heterocycles. The van der Waals surface area contributed by atoms with Crippen molar-refractivity contribution in [2.45, 2.75) is 57.4 Å². The minimum Gasteiger partial charge on any atom is -0.353 e. The largest absolute Gasteiger partial charge is 0.353 e. The van der Waals surface area contributed by atoms with Gasteiger partial charge in [-0.3, -0.25) is 19.7 Å². The van der Waals surface area contributed by atoms with Crippen LogP contribution >= 0.6 is 0 Å². The third-order valence-electron chi connectivity index (χ3n) is 6.02. The van der Waals surface area contributed by atoms with Crippen molar-refractivity contribution in [2.75, 3.05) is 13.1 Å². The van der Waals surface area contributed by atoms with Gasteiger partial charge in [0.1, 0.15) is 11.4 Å². The van der Waals surface area contributed by atoms with Crippen LogP contribution < -0.4 is 5.32 Å². The van der Waals surface area contributed by atoms with Gasteiger partial charge in [0.05, 0.1) is 11.6 Å². The molecule has 2 aromatic heterocycles. The third kappa shape index (κ3) is 4.83. The van der Waals surface area contributed by atoms with E-state index in [1.807, 2.05) is 18.2 Å². The van der Waals surface area contributed by atoms with Gasteiger partial charge in [-0.1, -0.05) is 31.7 Å². The molecule has 154 valence electrons. The number of likely N-dealkylation sites (tertiary alicyclic amines) is 1. The Morgan fingerprint density at radius 1 is 1.03 bits per heavy atom. The second-order valence-corrected chi connectivity index (χ2v) is 8.17. The van der Waals surface area contributed by atoms with Gasteiger partial charge in [0.25, 0.3) is 5.91 Å². The number of hydrogen-bond donors (Lipinski definition) is 2. The first-order chi connectivity index (χ1) is 14.2. The summed E-state index contributed by atoms with van der Waals surface area (Å²) < 4.78 is 0. The maximum absolute atomic E-state index is 13.0. The molecule has 29 heavy (non-hydrogen) atoms. The van der Waals surface area contributed by atoms with Crippen LogP contribution in [-0.2, 0) is 4.79 Å². The maximum atomic E-state index is 13.0. The van der Waals surface area contributed by atoms with Crippen LogP contribution in [0.15, 0.2) is 30.5 Å². The molecule has 3 heterocycles. The van der Waals surface area contributed by atoms with Crippen molar-refractivity contribution in [2.24, 2.45) is 5.92 Å². The summed E-state index contributed by atoms with van der Waals surface area (Å²) in [7, 11) is 0. The lowest BCUT2D eigenvalue weighted by atomic mass is 9.96. The molecular formula is C22H29N5O2. The SMILES string of the molecule is O=C(NC1CCCCCC1)[C@H]1CCCN(C(=O)c2cc(-c3ccccn3)n[nH]2)C1. The smallest absolute Gasteiger partial charge is 0.271 e. The molecule has 4 rings (SSSR count). The highest BCUT2D eigenvalue weighted by atomic mass is 16.2.